The first-order valence-corrected chi connectivity index (χ1v) is 10.5. The lowest BCUT2D eigenvalue weighted by molar-refractivity contribution is -0.138. The third-order valence-corrected chi connectivity index (χ3v) is 5.89. The molecule has 0 aliphatic carbocycles. The molecule has 2 amide bonds. The summed E-state index contributed by atoms with van der Waals surface area (Å²) < 4.78 is 0. The number of hydrogen-bond donors (Lipinski definition) is 0. The van der Waals surface area contributed by atoms with E-state index in [2.05, 4.69) is 15.9 Å². The summed E-state index contributed by atoms with van der Waals surface area (Å²) in [6.07, 6.45) is 5.29. The molecule has 148 valence electrons. The molecule has 5 nitrogen and oxygen atoms in total. The van der Waals surface area contributed by atoms with Gasteiger partial charge in [-0.3, -0.25) is 14.5 Å². The minimum Gasteiger partial charge on any atom is -0.342 e. The minimum absolute atomic E-state index is 0.143. The predicted molar refractivity (Wildman–Crippen MR) is 109 cm³/mol. The number of likely N-dealkylation sites (tertiary alicyclic amines) is 2. The van der Waals surface area contributed by atoms with Crippen LogP contribution in [0.5, 0.6) is 0 Å². The quantitative estimate of drug-likeness (QED) is 0.799. The van der Waals surface area contributed by atoms with Crippen molar-refractivity contribution in [1.82, 2.24) is 9.80 Å². The maximum absolute atomic E-state index is 12.8. The van der Waals surface area contributed by atoms with Crippen LogP contribution in [0.25, 0.3) is 0 Å². The fourth-order valence-corrected chi connectivity index (χ4v) is 4.29. The zero-order chi connectivity index (χ0) is 19.2. The van der Waals surface area contributed by atoms with Crippen LogP contribution in [0.2, 0.25) is 0 Å². The molecule has 2 fully saturated rings. The van der Waals surface area contributed by atoms with Crippen LogP contribution in [-0.2, 0) is 9.59 Å². The number of aryl methyl sites for hydroxylation is 1. The Kier molecular flexibility index (Phi) is 6.89. The molecule has 1 aromatic carbocycles. The molecular weight excluding hydrogens is 338 g/mol. The van der Waals surface area contributed by atoms with Gasteiger partial charge in [0, 0.05) is 31.2 Å². The van der Waals surface area contributed by atoms with Gasteiger partial charge in [-0.25, -0.2) is 0 Å². The first-order valence-electron chi connectivity index (χ1n) is 10.5. The van der Waals surface area contributed by atoms with E-state index in [1.807, 2.05) is 36.9 Å². The maximum Gasteiger partial charge on any atom is 0.241 e. The van der Waals surface area contributed by atoms with E-state index in [9.17, 15) is 9.59 Å². The van der Waals surface area contributed by atoms with E-state index in [0.29, 0.717) is 19.0 Å². The van der Waals surface area contributed by atoms with Crippen molar-refractivity contribution in [3.05, 3.63) is 29.8 Å². The summed E-state index contributed by atoms with van der Waals surface area (Å²) in [5.74, 6) is 0.632. The van der Waals surface area contributed by atoms with Crippen LogP contribution in [0.1, 0.15) is 44.6 Å². The highest BCUT2D eigenvalue weighted by molar-refractivity contribution is 5.94. The molecule has 2 aliphatic rings. The summed E-state index contributed by atoms with van der Waals surface area (Å²) in [5, 5.41) is 0. The Morgan fingerprint density at radius 2 is 1.78 bits per heavy atom. The Labute approximate surface area is 163 Å². The van der Waals surface area contributed by atoms with Crippen molar-refractivity contribution in [1.29, 1.82) is 0 Å². The van der Waals surface area contributed by atoms with Crippen molar-refractivity contribution in [2.75, 3.05) is 44.2 Å². The Balaban J connectivity index is 1.50. The third kappa shape index (κ3) is 5.10. The summed E-state index contributed by atoms with van der Waals surface area (Å²) in [6, 6.07) is 8.10. The van der Waals surface area contributed by atoms with Crippen LogP contribution >= 0.6 is 0 Å². The first-order chi connectivity index (χ1) is 13.1. The Hall–Kier alpha value is -1.88. The lowest BCUT2D eigenvalue weighted by Gasteiger charge is -2.36. The molecule has 0 N–H and O–H groups in total. The average Bonchev–Trinajstić information content (AvgIpc) is 2.69. The lowest BCUT2D eigenvalue weighted by Crippen LogP contribution is -2.47. The molecule has 3 rings (SSSR count). The largest absolute Gasteiger partial charge is 0.342 e. The highest BCUT2D eigenvalue weighted by Crippen LogP contribution is 2.22. The van der Waals surface area contributed by atoms with E-state index in [-0.39, 0.29) is 11.8 Å². The number of hydrogen-bond acceptors (Lipinski definition) is 3. The van der Waals surface area contributed by atoms with Gasteiger partial charge in [0.1, 0.15) is 0 Å². The van der Waals surface area contributed by atoms with Gasteiger partial charge in [-0.05, 0) is 76.7 Å². The maximum atomic E-state index is 12.8. The van der Waals surface area contributed by atoms with Crippen LogP contribution in [-0.4, -0.2) is 60.9 Å². The van der Waals surface area contributed by atoms with Crippen LogP contribution in [0.15, 0.2) is 24.3 Å². The summed E-state index contributed by atoms with van der Waals surface area (Å²) in [7, 11) is 0. The number of carbonyl (C=O) groups is 2. The fourth-order valence-electron chi connectivity index (χ4n) is 4.29. The number of benzene rings is 1. The number of amides is 2. The van der Waals surface area contributed by atoms with Gasteiger partial charge in [-0.1, -0.05) is 12.1 Å². The number of likely N-dealkylation sites (N-methyl/N-ethyl adjacent to an activating group) is 1. The molecule has 1 aromatic rings. The van der Waals surface area contributed by atoms with Crippen molar-refractivity contribution in [3.63, 3.8) is 0 Å². The Morgan fingerprint density at radius 1 is 1.07 bits per heavy atom. The Morgan fingerprint density at radius 3 is 2.41 bits per heavy atom. The lowest BCUT2D eigenvalue weighted by atomic mass is 9.94. The second-order valence-electron chi connectivity index (χ2n) is 7.91. The van der Waals surface area contributed by atoms with E-state index >= 15 is 0 Å². The Bertz CT molecular complexity index is 647. The molecule has 2 aliphatic heterocycles. The predicted octanol–water partition coefficient (Wildman–Crippen LogP) is 3.07. The zero-order valence-electron chi connectivity index (χ0n) is 16.8. The van der Waals surface area contributed by atoms with Crippen molar-refractivity contribution in [2.45, 2.75) is 46.0 Å². The van der Waals surface area contributed by atoms with E-state index in [4.69, 9.17) is 0 Å². The number of rotatable bonds is 5. The molecule has 5 heteroatoms. The van der Waals surface area contributed by atoms with Crippen LogP contribution in [0.4, 0.5) is 5.69 Å². The van der Waals surface area contributed by atoms with Crippen molar-refractivity contribution >= 4 is 17.5 Å². The number of nitrogens with zero attached hydrogens (tertiary/aromatic N) is 3. The summed E-state index contributed by atoms with van der Waals surface area (Å²) in [5.41, 5.74) is 2.13. The van der Waals surface area contributed by atoms with Gasteiger partial charge in [0.15, 0.2) is 0 Å². The number of carbonyl (C=O) groups excluding carboxylic acids is 2. The second-order valence-corrected chi connectivity index (χ2v) is 7.91. The van der Waals surface area contributed by atoms with Gasteiger partial charge in [-0.15, -0.1) is 0 Å². The molecule has 2 heterocycles. The van der Waals surface area contributed by atoms with Crippen molar-refractivity contribution in [2.24, 2.45) is 5.92 Å². The normalized spacial score (nSPS) is 19.1. The van der Waals surface area contributed by atoms with E-state index < -0.39 is 0 Å². The fraction of sp³-hybridized carbons (Fsp3) is 0.636. The third-order valence-electron chi connectivity index (χ3n) is 5.89. The SMILES string of the molecule is CCN(C(=O)CN1CCC(C(=O)N2CCCCC2)CC1)c1cccc(C)c1. The molecule has 0 atom stereocenters. The van der Waals surface area contributed by atoms with Crippen LogP contribution in [0, 0.1) is 12.8 Å². The molecule has 0 unspecified atom stereocenters. The van der Waals surface area contributed by atoms with Crippen LogP contribution in [0.3, 0.4) is 0 Å². The second kappa shape index (κ2) is 9.36. The van der Waals surface area contributed by atoms with Crippen molar-refractivity contribution < 1.29 is 9.59 Å². The van der Waals surface area contributed by atoms with Crippen molar-refractivity contribution in [3.8, 4) is 0 Å². The summed E-state index contributed by atoms with van der Waals surface area (Å²) >= 11 is 0. The minimum atomic E-state index is 0.143. The zero-order valence-corrected chi connectivity index (χ0v) is 16.8. The van der Waals surface area contributed by atoms with E-state index in [1.165, 1.54) is 6.42 Å². The molecule has 0 saturated carbocycles. The van der Waals surface area contributed by atoms with E-state index in [1.54, 1.807) is 0 Å². The van der Waals surface area contributed by atoms with E-state index in [0.717, 1.165) is 63.1 Å². The molecule has 27 heavy (non-hydrogen) atoms. The molecule has 0 aromatic heterocycles. The molecular formula is C22H33N3O2. The van der Waals surface area contributed by atoms with Gasteiger partial charge in [0.05, 0.1) is 6.54 Å². The highest BCUT2D eigenvalue weighted by atomic mass is 16.2. The molecule has 0 radical (unpaired) electrons. The highest BCUT2D eigenvalue weighted by Gasteiger charge is 2.30. The average molecular weight is 372 g/mol. The van der Waals surface area contributed by atoms with Crippen LogP contribution < -0.4 is 4.90 Å². The van der Waals surface area contributed by atoms with Gasteiger partial charge >= 0.3 is 0 Å². The van der Waals surface area contributed by atoms with Gasteiger partial charge in [0.2, 0.25) is 11.8 Å². The van der Waals surface area contributed by atoms with Gasteiger partial charge < -0.3 is 9.80 Å². The standard InChI is InChI=1S/C22H33N3O2/c1-3-25(20-9-7-8-18(2)16-20)21(26)17-23-14-10-19(11-15-23)22(27)24-12-5-4-6-13-24/h7-9,16,19H,3-6,10-15,17H2,1-2H3. The smallest absolute Gasteiger partial charge is 0.241 e. The van der Waals surface area contributed by atoms with Gasteiger partial charge in [-0.2, -0.15) is 0 Å². The summed E-state index contributed by atoms with van der Waals surface area (Å²) in [4.78, 5) is 31.6. The number of piperidine rings is 2. The molecule has 0 bridgehead atoms. The molecule has 0 spiro atoms. The topological polar surface area (TPSA) is 43.9 Å². The van der Waals surface area contributed by atoms with Gasteiger partial charge in [0.25, 0.3) is 0 Å². The molecule has 2 saturated heterocycles. The summed E-state index contributed by atoms with van der Waals surface area (Å²) in [6.45, 7) is 8.70. The number of anilines is 1. The first kappa shape index (κ1) is 19.9. The monoisotopic (exact) mass is 371 g/mol.